The summed E-state index contributed by atoms with van der Waals surface area (Å²) in [7, 11) is 0. The predicted molar refractivity (Wildman–Crippen MR) is 95.1 cm³/mol. The van der Waals surface area contributed by atoms with E-state index in [1.807, 2.05) is 13.0 Å². The molecule has 24 heavy (non-hydrogen) atoms. The normalized spacial score (nSPS) is 15.7. The quantitative estimate of drug-likeness (QED) is 0.786. The van der Waals surface area contributed by atoms with Gasteiger partial charge >= 0.3 is 0 Å². The van der Waals surface area contributed by atoms with Gasteiger partial charge in [-0.15, -0.1) is 0 Å². The molecular formula is C19H23N5. The van der Waals surface area contributed by atoms with Crippen molar-refractivity contribution in [2.45, 2.75) is 51.5 Å². The molecule has 3 aromatic rings. The van der Waals surface area contributed by atoms with Crippen LogP contribution in [-0.2, 0) is 6.54 Å². The number of aromatic nitrogens is 4. The van der Waals surface area contributed by atoms with Gasteiger partial charge in [0.2, 0.25) is 0 Å². The van der Waals surface area contributed by atoms with Crippen LogP contribution in [0.2, 0.25) is 0 Å². The fourth-order valence-electron chi connectivity index (χ4n) is 2.57. The maximum atomic E-state index is 4.34. The molecule has 5 nitrogen and oxygen atoms in total. The second-order valence-electron chi connectivity index (χ2n) is 6.68. The van der Waals surface area contributed by atoms with E-state index < -0.39 is 0 Å². The highest BCUT2D eigenvalue weighted by Crippen LogP contribution is 2.39. The summed E-state index contributed by atoms with van der Waals surface area (Å²) in [6.45, 7) is 2.73. The van der Waals surface area contributed by atoms with Crippen LogP contribution in [0.15, 0.2) is 36.7 Å². The summed E-state index contributed by atoms with van der Waals surface area (Å²) in [5, 5.41) is 7.61. The van der Waals surface area contributed by atoms with Crippen LogP contribution in [0.3, 0.4) is 0 Å². The van der Waals surface area contributed by atoms with Crippen LogP contribution >= 0.6 is 0 Å². The molecule has 5 rings (SSSR count). The first-order valence-electron chi connectivity index (χ1n) is 8.80. The van der Waals surface area contributed by atoms with Crippen molar-refractivity contribution in [1.82, 2.24) is 19.6 Å². The average molecular weight is 321 g/mol. The molecule has 2 saturated carbocycles. The first-order valence-corrected chi connectivity index (χ1v) is 8.80. The van der Waals surface area contributed by atoms with Gasteiger partial charge in [-0.25, -0.2) is 4.98 Å². The highest BCUT2D eigenvalue weighted by atomic mass is 15.3. The number of fused-ring (bicyclic) bond motifs is 1. The molecular weight excluding hydrogens is 298 g/mol. The zero-order valence-electron chi connectivity index (χ0n) is 14.1. The first kappa shape index (κ1) is 15.1. The number of nitrogens with one attached hydrogen (secondary N) is 1. The van der Waals surface area contributed by atoms with Gasteiger partial charge < -0.3 is 5.32 Å². The lowest BCUT2D eigenvalue weighted by Gasteiger charge is -2.09. The topological polar surface area (TPSA) is 55.1 Å². The molecule has 0 unspecified atom stereocenters. The fourth-order valence-corrected chi connectivity index (χ4v) is 2.57. The van der Waals surface area contributed by atoms with E-state index in [1.165, 1.54) is 49.6 Å². The third kappa shape index (κ3) is 3.72. The number of benzene rings is 1. The Labute approximate surface area is 142 Å². The highest BCUT2D eigenvalue weighted by molar-refractivity contribution is 5.45. The minimum absolute atomic E-state index is 0.626. The SMILES string of the molecule is C1CC1.Cc1cc(NCc2ccc(C3CC3)cc2)n2ncnc2n1. The summed E-state index contributed by atoms with van der Waals surface area (Å²) in [6, 6.07) is 10.9. The molecule has 1 N–H and O–H groups in total. The largest absolute Gasteiger partial charge is 0.366 e. The van der Waals surface area contributed by atoms with Crippen molar-refractivity contribution in [2.75, 3.05) is 5.32 Å². The summed E-state index contributed by atoms with van der Waals surface area (Å²) in [4.78, 5) is 8.47. The van der Waals surface area contributed by atoms with Gasteiger partial charge in [0.05, 0.1) is 0 Å². The Hall–Kier alpha value is -2.43. The molecule has 0 radical (unpaired) electrons. The Kier molecular flexibility index (Phi) is 4.15. The van der Waals surface area contributed by atoms with Crippen molar-refractivity contribution in [3.8, 4) is 0 Å². The van der Waals surface area contributed by atoms with Gasteiger partial charge in [-0.2, -0.15) is 14.6 Å². The van der Waals surface area contributed by atoms with Crippen LogP contribution in [0.5, 0.6) is 0 Å². The van der Waals surface area contributed by atoms with E-state index >= 15 is 0 Å². The van der Waals surface area contributed by atoms with Gasteiger partial charge in [-0.3, -0.25) is 0 Å². The van der Waals surface area contributed by atoms with Crippen molar-refractivity contribution in [3.63, 3.8) is 0 Å². The Morgan fingerprint density at radius 1 is 1.12 bits per heavy atom. The van der Waals surface area contributed by atoms with E-state index in [9.17, 15) is 0 Å². The monoisotopic (exact) mass is 321 g/mol. The lowest BCUT2D eigenvalue weighted by Crippen LogP contribution is -2.06. The minimum Gasteiger partial charge on any atom is -0.366 e. The molecule has 1 aromatic carbocycles. The Balaban J connectivity index is 0.000000440. The lowest BCUT2D eigenvalue weighted by atomic mass is 10.1. The first-order chi connectivity index (χ1) is 11.8. The summed E-state index contributed by atoms with van der Waals surface area (Å²) < 4.78 is 1.73. The third-order valence-corrected chi connectivity index (χ3v) is 4.24. The van der Waals surface area contributed by atoms with E-state index in [2.05, 4.69) is 44.6 Å². The number of anilines is 1. The van der Waals surface area contributed by atoms with Crippen LogP contribution < -0.4 is 5.32 Å². The van der Waals surface area contributed by atoms with Crippen molar-refractivity contribution >= 4 is 11.6 Å². The van der Waals surface area contributed by atoms with Crippen molar-refractivity contribution in [3.05, 3.63) is 53.5 Å². The Morgan fingerprint density at radius 3 is 2.54 bits per heavy atom. The molecule has 124 valence electrons. The molecule has 0 bridgehead atoms. The van der Waals surface area contributed by atoms with Gasteiger partial charge in [0.1, 0.15) is 12.1 Å². The van der Waals surface area contributed by atoms with E-state index in [0.717, 1.165) is 24.0 Å². The fraction of sp³-hybridized carbons (Fsp3) is 0.421. The van der Waals surface area contributed by atoms with Crippen LogP contribution in [-0.4, -0.2) is 19.6 Å². The number of hydrogen-bond acceptors (Lipinski definition) is 4. The zero-order valence-corrected chi connectivity index (χ0v) is 14.1. The van der Waals surface area contributed by atoms with E-state index in [4.69, 9.17) is 0 Å². The maximum absolute atomic E-state index is 4.34. The summed E-state index contributed by atoms with van der Waals surface area (Å²) in [5.74, 6) is 2.35. The maximum Gasteiger partial charge on any atom is 0.254 e. The molecule has 2 heterocycles. The molecule has 2 fully saturated rings. The predicted octanol–water partition coefficient (Wildman–Crippen LogP) is 4.09. The summed E-state index contributed by atoms with van der Waals surface area (Å²) >= 11 is 0. The Bertz CT molecular complexity index is 813. The van der Waals surface area contributed by atoms with Gasteiger partial charge in [0.15, 0.2) is 0 Å². The minimum atomic E-state index is 0.626. The van der Waals surface area contributed by atoms with Gasteiger partial charge in [0.25, 0.3) is 5.78 Å². The molecule has 0 atom stereocenters. The van der Waals surface area contributed by atoms with Gasteiger partial charge in [-0.05, 0) is 36.8 Å². The van der Waals surface area contributed by atoms with Crippen LogP contribution in [0, 0.1) is 6.92 Å². The molecule has 0 spiro atoms. The second-order valence-corrected chi connectivity index (χ2v) is 6.68. The van der Waals surface area contributed by atoms with Crippen molar-refractivity contribution < 1.29 is 0 Å². The van der Waals surface area contributed by atoms with Crippen molar-refractivity contribution in [2.24, 2.45) is 0 Å². The van der Waals surface area contributed by atoms with Gasteiger partial charge in [-0.1, -0.05) is 43.5 Å². The number of aryl methyl sites for hydroxylation is 1. The van der Waals surface area contributed by atoms with Crippen molar-refractivity contribution in [1.29, 1.82) is 0 Å². The molecule has 5 heteroatoms. The highest BCUT2D eigenvalue weighted by Gasteiger charge is 2.22. The molecule has 2 aliphatic carbocycles. The van der Waals surface area contributed by atoms with E-state index in [0.29, 0.717) is 5.78 Å². The number of hydrogen-bond donors (Lipinski definition) is 1. The van der Waals surface area contributed by atoms with E-state index in [1.54, 1.807) is 4.52 Å². The Morgan fingerprint density at radius 2 is 1.88 bits per heavy atom. The molecule has 0 amide bonds. The second kappa shape index (κ2) is 6.59. The molecule has 0 saturated heterocycles. The molecule has 2 aromatic heterocycles. The lowest BCUT2D eigenvalue weighted by molar-refractivity contribution is 0.916. The third-order valence-electron chi connectivity index (χ3n) is 4.24. The van der Waals surface area contributed by atoms with Crippen LogP contribution in [0.4, 0.5) is 5.82 Å². The number of rotatable bonds is 4. The molecule has 2 aliphatic rings. The van der Waals surface area contributed by atoms with E-state index in [-0.39, 0.29) is 0 Å². The molecule has 0 aliphatic heterocycles. The summed E-state index contributed by atoms with van der Waals surface area (Å²) in [5.41, 5.74) is 3.67. The van der Waals surface area contributed by atoms with Gasteiger partial charge in [0, 0.05) is 18.3 Å². The average Bonchev–Trinajstić information content (AvgIpc) is 3.50. The zero-order chi connectivity index (χ0) is 16.4. The number of nitrogens with zero attached hydrogens (tertiary/aromatic N) is 4. The van der Waals surface area contributed by atoms with Crippen LogP contribution in [0.1, 0.15) is 54.8 Å². The van der Waals surface area contributed by atoms with Crippen LogP contribution in [0.25, 0.3) is 5.78 Å². The standard InChI is InChI=1S/C16H17N5.C3H6/c1-11-8-15(21-16(20-11)18-10-19-21)17-9-12-2-4-13(5-3-12)14-6-7-14;1-2-3-1/h2-5,8,10,14,17H,6-7,9H2,1H3;1-3H2. The summed E-state index contributed by atoms with van der Waals surface area (Å²) in [6.07, 6.45) is 8.72. The smallest absolute Gasteiger partial charge is 0.254 e.